The molecule has 2 aromatic rings. The molecular formula is C19H27ClN2O4S. The Hall–Kier alpha value is -1.83. The van der Waals surface area contributed by atoms with Gasteiger partial charge in [0.2, 0.25) is 0 Å². The molecule has 2 rings (SSSR count). The number of hydrogen-bond donors (Lipinski definition) is 1. The Labute approximate surface area is 167 Å². The molecule has 1 aromatic heterocycles. The first-order chi connectivity index (χ1) is 12.2. The van der Waals surface area contributed by atoms with E-state index in [-0.39, 0.29) is 40.8 Å². The molecule has 0 aliphatic heterocycles. The van der Waals surface area contributed by atoms with Gasteiger partial charge in [0.15, 0.2) is 15.6 Å². The van der Waals surface area contributed by atoms with Crippen LogP contribution in [0.25, 0.3) is 0 Å². The van der Waals surface area contributed by atoms with Crippen LogP contribution in [0.4, 0.5) is 0 Å². The summed E-state index contributed by atoms with van der Waals surface area (Å²) in [6, 6.07) is 9.69. The van der Waals surface area contributed by atoms with E-state index in [0.29, 0.717) is 24.4 Å². The smallest absolute Gasteiger partial charge is 0.289 e. The molecular weight excluding hydrogens is 388 g/mol. The van der Waals surface area contributed by atoms with Crippen molar-refractivity contribution in [2.75, 3.05) is 13.6 Å². The molecule has 1 heterocycles. The Morgan fingerprint density at radius 3 is 2.41 bits per heavy atom. The molecule has 27 heavy (non-hydrogen) atoms. The highest BCUT2D eigenvalue weighted by Gasteiger charge is 2.24. The average Bonchev–Trinajstić information content (AvgIpc) is 3.06. The van der Waals surface area contributed by atoms with Gasteiger partial charge in [0.1, 0.15) is 0 Å². The highest BCUT2D eigenvalue weighted by molar-refractivity contribution is 7.90. The number of carbonyl (C=O) groups is 1. The first kappa shape index (κ1) is 23.2. The second kappa shape index (κ2) is 9.92. The number of amides is 1. The normalized spacial score (nSPS) is 12.5. The van der Waals surface area contributed by atoms with E-state index in [2.05, 4.69) is 0 Å². The zero-order valence-corrected chi connectivity index (χ0v) is 17.4. The summed E-state index contributed by atoms with van der Waals surface area (Å²) >= 11 is 0. The van der Waals surface area contributed by atoms with Crippen LogP contribution in [0.5, 0.6) is 0 Å². The molecule has 0 bridgehead atoms. The lowest BCUT2D eigenvalue weighted by Crippen LogP contribution is -2.34. The third kappa shape index (κ3) is 6.09. The Bertz CT molecular complexity index is 834. The van der Waals surface area contributed by atoms with Gasteiger partial charge in [-0.3, -0.25) is 4.79 Å². The van der Waals surface area contributed by atoms with Crippen LogP contribution in [-0.2, 0) is 15.6 Å². The predicted molar refractivity (Wildman–Crippen MR) is 108 cm³/mol. The highest BCUT2D eigenvalue weighted by atomic mass is 35.5. The zero-order valence-electron chi connectivity index (χ0n) is 15.8. The number of furan rings is 1. The van der Waals surface area contributed by atoms with Gasteiger partial charge in [-0.1, -0.05) is 32.0 Å². The van der Waals surface area contributed by atoms with Crippen molar-refractivity contribution in [3.05, 3.63) is 54.0 Å². The number of hydrogen-bond acceptors (Lipinski definition) is 5. The summed E-state index contributed by atoms with van der Waals surface area (Å²) in [6.45, 7) is 4.54. The largest absolute Gasteiger partial charge is 0.459 e. The van der Waals surface area contributed by atoms with Crippen LogP contribution in [0.1, 0.15) is 36.4 Å². The van der Waals surface area contributed by atoms with Crippen molar-refractivity contribution in [3.8, 4) is 0 Å². The molecule has 0 aliphatic carbocycles. The molecule has 1 unspecified atom stereocenters. The molecule has 8 heteroatoms. The minimum Gasteiger partial charge on any atom is -0.459 e. The van der Waals surface area contributed by atoms with Gasteiger partial charge in [0.05, 0.1) is 16.9 Å². The molecule has 1 aromatic carbocycles. The summed E-state index contributed by atoms with van der Waals surface area (Å²) in [7, 11) is -1.89. The van der Waals surface area contributed by atoms with E-state index < -0.39 is 9.84 Å². The van der Waals surface area contributed by atoms with E-state index in [1.165, 1.54) is 29.4 Å². The second-order valence-electron chi connectivity index (χ2n) is 6.77. The van der Waals surface area contributed by atoms with Crippen LogP contribution >= 0.6 is 12.4 Å². The quantitative estimate of drug-likeness (QED) is 0.716. The number of nitrogens with two attached hydrogens (primary N) is 1. The summed E-state index contributed by atoms with van der Waals surface area (Å²) in [5, 5.41) is 0. The van der Waals surface area contributed by atoms with Crippen LogP contribution in [0.2, 0.25) is 0 Å². The van der Waals surface area contributed by atoms with Gasteiger partial charge < -0.3 is 15.1 Å². The van der Waals surface area contributed by atoms with Gasteiger partial charge in [-0.2, -0.15) is 0 Å². The van der Waals surface area contributed by atoms with Crippen molar-refractivity contribution in [1.82, 2.24) is 4.90 Å². The van der Waals surface area contributed by atoms with Crippen molar-refractivity contribution in [3.63, 3.8) is 0 Å². The lowest BCUT2D eigenvalue weighted by Gasteiger charge is -2.21. The number of sulfone groups is 1. The lowest BCUT2D eigenvalue weighted by atomic mass is 10.0. The minimum atomic E-state index is -3.55. The molecule has 0 aliphatic rings. The Morgan fingerprint density at radius 1 is 1.19 bits per heavy atom. The summed E-state index contributed by atoms with van der Waals surface area (Å²) in [4.78, 5) is 14.4. The number of halogens is 1. The number of carbonyl (C=O) groups excluding carboxylic acids is 1. The van der Waals surface area contributed by atoms with Crippen LogP contribution in [-0.4, -0.2) is 38.9 Å². The maximum atomic E-state index is 12.6. The van der Waals surface area contributed by atoms with Gasteiger partial charge in [0.25, 0.3) is 5.91 Å². The van der Waals surface area contributed by atoms with Crippen LogP contribution < -0.4 is 5.73 Å². The Kier molecular flexibility index (Phi) is 8.53. The molecule has 6 nitrogen and oxygen atoms in total. The molecule has 0 saturated heterocycles. The highest BCUT2D eigenvalue weighted by Crippen LogP contribution is 2.21. The molecule has 0 spiro atoms. The van der Waals surface area contributed by atoms with Gasteiger partial charge in [-0.05, 0) is 30.5 Å². The lowest BCUT2D eigenvalue weighted by molar-refractivity contribution is 0.0756. The summed E-state index contributed by atoms with van der Waals surface area (Å²) in [6.07, 6.45) is 2.01. The van der Waals surface area contributed by atoms with Crippen molar-refractivity contribution in [2.24, 2.45) is 11.7 Å². The van der Waals surface area contributed by atoms with Crippen molar-refractivity contribution >= 4 is 28.2 Å². The Balaban J connectivity index is 0.00000364. The van der Waals surface area contributed by atoms with E-state index in [0.717, 1.165) is 0 Å². The van der Waals surface area contributed by atoms with Gasteiger partial charge in [-0.15, -0.1) is 12.4 Å². The summed E-state index contributed by atoms with van der Waals surface area (Å²) in [5.74, 6) is -0.239. The van der Waals surface area contributed by atoms with Crippen LogP contribution in [0.3, 0.4) is 0 Å². The standard InChI is InChI=1S/C19H26N2O4S.ClH/c1-14(2)17(20)9-11-21(3)19(22)18-15(10-12-25-18)13-26(23,24)16-7-5-4-6-8-16;/h4-8,10,12,14,17H,9,11,13,20H2,1-3H3;1H. The van der Waals surface area contributed by atoms with Crippen molar-refractivity contribution < 1.29 is 17.6 Å². The topological polar surface area (TPSA) is 93.6 Å². The van der Waals surface area contributed by atoms with Gasteiger partial charge in [0, 0.05) is 25.2 Å². The zero-order chi connectivity index (χ0) is 19.3. The second-order valence-corrected chi connectivity index (χ2v) is 8.76. The molecule has 0 fully saturated rings. The van der Waals surface area contributed by atoms with Gasteiger partial charge in [-0.25, -0.2) is 8.42 Å². The third-order valence-electron chi connectivity index (χ3n) is 4.39. The van der Waals surface area contributed by atoms with E-state index in [4.69, 9.17) is 10.2 Å². The van der Waals surface area contributed by atoms with E-state index >= 15 is 0 Å². The maximum absolute atomic E-state index is 12.6. The number of rotatable bonds is 8. The van der Waals surface area contributed by atoms with Crippen molar-refractivity contribution in [1.29, 1.82) is 0 Å². The maximum Gasteiger partial charge on any atom is 0.289 e. The monoisotopic (exact) mass is 414 g/mol. The first-order valence-electron chi connectivity index (χ1n) is 8.57. The van der Waals surface area contributed by atoms with Gasteiger partial charge >= 0.3 is 0 Å². The van der Waals surface area contributed by atoms with Crippen molar-refractivity contribution in [2.45, 2.75) is 37.0 Å². The van der Waals surface area contributed by atoms with E-state index in [1.54, 1.807) is 25.2 Å². The minimum absolute atomic E-state index is 0. The van der Waals surface area contributed by atoms with Crippen LogP contribution in [0.15, 0.2) is 52.0 Å². The third-order valence-corrected chi connectivity index (χ3v) is 6.07. The summed E-state index contributed by atoms with van der Waals surface area (Å²) < 4.78 is 30.4. The molecule has 2 N–H and O–H groups in total. The Morgan fingerprint density at radius 2 is 1.81 bits per heavy atom. The predicted octanol–water partition coefficient (Wildman–Crippen LogP) is 3.12. The SMILES string of the molecule is CC(C)C(N)CCN(C)C(=O)c1occc1CS(=O)(=O)c1ccccc1.Cl. The van der Waals surface area contributed by atoms with Crippen LogP contribution in [0, 0.1) is 5.92 Å². The fourth-order valence-corrected chi connectivity index (χ4v) is 3.88. The molecule has 0 saturated carbocycles. The molecule has 150 valence electrons. The molecule has 1 atom stereocenters. The summed E-state index contributed by atoms with van der Waals surface area (Å²) in [5.41, 5.74) is 6.38. The van der Waals surface area contributed by atoms with E-state index in [9.17, 15) is 13.2 Å². The fourth-order valence-electron chi connectivity index (χ4n) is 2.50. The fraction of sp³-hybridized carbons (Fsp3) is 0.421. The average molecular weight is 415 g/mol. The first-order valence-corrected chi connectivity index (χ1v) is 10.2. The number of benzene rings is 1. The molecule has 0 radical (unpaired) electrons. The number of nitrogens with zero attached hydrogens (tertiary/aromatic N) is 1. The van der Waals surface area contributed by atoms with E-state index in [1.807, 2.05) is 13.8 Å². The molecule has 1 amide bonds.